The van der Waals surface area contributed by atoms with Crippen LogP contribution in [-0.2, 0) is 20.8 Å². The number of amides is 1. The Kier molecular flexibility index (Phi) is 4.67. The number of piperidine rings is 1. The fraction of sp³-hybridized carbons (Fsp3) is 0.632. The van der Waals surface area contributed by atoms with Crippen LogP contribution in [0.25, 0.3) is 0 Å². The lowest BCUT2D eigenvalue weighted by Crippen LogP contribution is -2.54. The summed E-state index contributed by atoms with van der Waals surface area (Å²) in [5.41, 5.74) is 0.157. The lowest BCUT2D eigenvalue weighted by molar-refractivity contribution is -0.127. The summed E-state index contributed by atoms with van der Waals surface area (Å²) in [5, 5.41) is 11.0. The van der Waals surface area contributed by atoms with Crippen LogP contribution in [0.2, 0.25) is 0 Å². The maximum Gasteiger partial charge on any atom is 0.410 e. The molecule has 4 rings (SSSR count). The highest BCUT2D eigenvalue weighted by molar-refractivity contribution is 5.69. The number of rotatable bonds is 4. The third-order valence-electron chi connectivity index (χ3n) is 5.50. The monoisotopic (exact) mass is 347 g/mol. The average molecular weight is 347 g/mol. The molecule has 0 spiro atoms. The molecule has 0 radical (unpaired) electrons. The Balaban J connectivity index is 1.35. The molecule has 136 valence electrons. The van der Waals surface area contributed by atoms with Gasteiger partial charge in [0.05, 0.1) is 18.8 Å². The van der Waals surface area contributed by atoms with Gasteiger partial charge in [0.1, 0.15) is 6.61 Å². The van der Waals surface area contributed by atoms with Crippen molar-refractivity contribution in [1.82, 2.24) is 4.90 Å². The predicted octanol–water partition coefficient (Wildman–Crippen LogP) is 2.44. The molecule has 2 bridgehead atoms. The van der Waals surface area contributed by atoms with Gasteiger partial charge in [-0.2, -0.15) is 0 Å². The molecule has 2 unspecified atom stereocenters. The SMILES string of the molecule is O=C(OCc1ccccc1)N1C2CCC1CC(O)(CC1OCCO1)C2. The van der Waals surface area contributed by atoms with Crippen molar-refractivity contribution in [1.29, 1.82) is 0 Å². The molecular formula is C19H25NO5. The minimum absolute atomic E-state index is 0.0356. The molecule has 6 nitrogen and oxygen atoms in total. The van der Waals surface area contributed by atoms with Gasteiger partial charge in [-0.15, -0.1) is 0 Å². The summed E-state index contributed by atoms with van der Waals surface area (Å²) in [4.78, 5) is 14.4. The van der Waals surface area contributed by atoms with E-state index in [-0.39, 0.29) is 31.1 Å². The van der Waals surface area contributed by atoms with Crippen LogP contribution in [-0.4, -0.2) is 53.3 Å². The van der Waals surface area contributed by atoms with E-state index in [1.807, 2.05) is 35.2 Å². The molecule has 0 aromatic heterocycles. The Morgan fingerprint density at radius 1 is 1.16 bits per heavy atom. The minimum atomic E-state index is -0.822. The molecule has 3 saturated heterocycles. The van der Waals surface area contributed by atoms with Crippen LogP contribution in [0, 0.1) is 0 Å². The van der Waals surface area contributed by atoms with Crippen LogP contribution in [0.5, 0.6) is 0 Å². The molecule has 1 aromatic carbocycles. The first-order valence-corrected chi connectivity index (χ1v) is 9.08. The van der Waals surface area contributed by atoms with Crippen LogP contribution < -0.4 is 0 Å². The number of hydrogen-bond donors (Lipinski definition) is 1. The van der Waals surface area contributed by atoms with Gasteiger partial charge in [-0.25, -0.2) is 4.79 Å². The standard InChI is InChI=1S/C19H25NO5/c21-18(25-13-14-4-2-1-3-5-14)20-15-6-7-16(20)11-19(22,10-15)12-17-23-8-9-24-17/h1-5,15-17,22H,6-13H2. The highest BCUT2D eigenvalue weighted by Gasteiger charge is 2.51. The molecule has 1 amide bonds. The summed E-state index contributed by atoms with van der Waals surface area (Å²) in [6, 6.07) is 9.76. The van der Waals surface area contributed by atoms with E-state index >= 15 is 0 Å². The minimum Gasteiger partial charge on any atom is -0.445 e. The number of aliphatic hydroxyl groups is 1. The Bertz CT molecular complexity index is 587. The highest BCUT2D eigenvalue weighted by atomic mass is 16.7. The number of ether oxygens (including phenoxy) is 3. The molecule has 3 aliphatic rings. The smallest absolute Gasteiger partial charge is 0.410 e. The van der Waals surface area contributed by atoms with Gasteiger partial charge in [0.2, 0.25) is 0 Å². The van der Waals surface area contributed by atoms with Gasteiger partial charge in [0, 0.05) is 18.5 Å². The molecule has 2 atom stereocenters. The fourth-order valence-corrected chi connectivity index (χ4v) is 4.42. The molecule has 3 fully saturated rings. The van der Waals surface area contributed by atoms with E-state index in [2.05, 4.69) is 0 Å². The van der Waals surface area contributed by atoms with Crippen LogP contribution >= 0.6 is 0 Å². The zero-order valence-corrected chi connectivity index (χ0v) is 14.3. The van der Waals surface area contributed by atoms with Crippen LogP contribution in [0.4, 0.5) is 4.79 Å². The Morgan fingerprint density at radius 3 is 2.44 bits per heavy atom. The predicted molar refractivity (Wildman–Crippen MR) is 89.8 cm³/mol. The van der Waals surface area contributed by atoms with E-state index < -0.39 is 5.60 Å². The summed E-state index contributed by atoms with van der Waals surface area (Å²) in [7, 11) is 0. The first kappa shape index (κ1) is 16.8. The average Bonchev–Trinajstić information content (AvgIpc) is 3.20. The molecule has 3 aliphatic heterocycles. The highest BCUT2D eigenvalue weighted by Crippen LogP contribution is 2.43. The largest absolute Gasteiger partial charge is 0.445 e. The van der Waals surface area contributed by atoms with E-state index in [4.69, 9.17) is 14.2 Å². The van der Waals surface area contributed by atoms with Gasteiger partial charge in [0.25, 0.3) is 0 Å². The van der Waals surface area contributed by atoms with E-state index in [0.29, 0.717) is 32.5 Å². The van der Waals surface area contributed by atoms with Gasteiger partial charge in [-0.3, -0.25) is 0 Å². The topological polar surface area (TPSA) is 68.2 Å². The van der Waals surface area contributed by atoms with Crippen LogP contribution in [0.3, 0.4) is 0 Å². The second kappa shape index (κ2) is 6.94. The first-order chi connectivity index (χ1) is 12.1. The second-order valence-electron chi connectivity index (χ2n) is 7.34. The number of carbonyl (C=O) groups excluding carboxylic acids is 1. The maximum atomic E-state index is 12.6. The van der Waals surface area contributed by atoms with Gasteiger partial charge < -0.3 is 24.2 Å². The zero-order valence-electron chi connectivity index (χ0n) is 14.3. The second-order valence-corrected chi connectivity index (χ2v) is 7.34. The van der Waals surface area contributed by atoms with Crippen molar-refractivity contribution in [2.45, 2.75) is 62.7 Å². The summed E-state index contributed by atoms with van der Waals surface area (Å²) in [6.45, 7) is 1.46. The quantitative estimate of drug-likeness (QED) is 0.906. The Labute approximate surface area is 147 Å². The Morgan fingerprint density at radius 2 is 1.80 bits per heavy atom. The van der Waals surface area contributed by atoms with Crippen molar-refractivity contribution in [3.63, 3.8) is 0 Å². The Hall–Kier alpha value is -1.63. The zero-order chi connectivity index (χ0) is 17.3. The molecule has 0 aliphatic carbocycles. The molecule has 1 N–H and O–H groups in total. The maximum absolute atomic E-state index is 12.6. The number of nitrogens with zero attached hydrogens (tertiary/aromatic N) is 1. The molecule has 25 heavy (non-hydrogen) atoms. The van der Waals surface area contributed by atoms with Gasteiger partial charge in [0.15, 0.2) is 6.29 Å². The molecular weight excluding hydrogens is 322 g/mol. The summed E-state index contributed by atoms with van der Waals surface area (Å²) in [6.07, 6.45) is 2.85. The lowest BCUT2D eigenvalue weighted by atomic mass is 9.83. The molecule has 1 aromatic rings. The van der Waals surface area contributed by atoms with Crippen molar-refractivity contribution < 1.29 is 24.1 Å². The number of benzene rings is 1. The number of fused-ring (bicyclic) bond motifs is 2. The van der Waals surface area contributed by atoms with Crippen molar-refractivity contribution in [3.8, 4) is 0 Å². The van der Waals surface area contributed by atoms with Crippen LogP contribution in [0.15, 0.2) is 30.3 Å². The lowest BCUT2D eigenvalue weighted by Gasteiger charge is -2.43. The van der Waals surface area contributed by atoms with Gasteiger partial charge in [-0.05, 0) is 31.2 Å². The van der Waals surface area contributed by atoms with E-state index in [1.54, 1.807) is 0 Å². The third-order valence-corrected chi connectivity index (χ3v) is 5.50. The van der Waals surface area contributed by atoms with Crippen molar-refractivity contribution in [2.75, 3.05) is 13.2 Å². The third kappa shape index (κ3) is 3.66. The molecule has 3 heterocycles. The fourth-order valence-electron chi connectivity index (χ4n) is 4.42. The van der Waals surface area contributed by atoms with E-state index in [9.17, 15) is 9.90 Å². The number of carbonyl (C=O) groups is 1. The van der Waals surface area contributed by atoms with E-state index in [0.717, 1.165) is 18.4 Å². The van der Waals surface area contributed by atoms with Crippen molar-refractivity contribution >= 4 is 6.09 Å². The normalized spacial score (nSPS) is 32.1. The van der Waals surface area contributed by atoms with Crippen LogP contribution in [0.1, 0.15) is 37.7 Å². The van der Waals surface area contributed by atoms with Gasteiger partial charge in [-0.1, -0.05) is 30.3 Å². The summed E-state index contributed by atoms with van der Waals surface area (Å²) in [5.74, 6) is 0. The molecule has 6 heteroatoms. The van der Waals surface area contributed by atoms with Gasteiger partial charge >= 0.3 is 6.09 Å². The summed E-state index contributed by atoms with van der Waals surface area (Å²) < 4.78 is 16.5. The van der Waals surface area contributed by atoms with E-state index in [1.165, 1.54) is 0 Å². The number of hydrogen-bond acceptors (Lipinski definition) is 5. The van der Waals surface area contributed by atoms with Crippen molar-refractivity contribution in [3.05, 3.63) is 35.9 Å². The van der Waals surface area contributed by atoms with Crippen molar-refractivity contribution in [2.24, 2.45) is 0 Å². The first-order valence-electron chi connectivity index (χ1n) is 9.08. The molecule has 0 saturated carbocycles. The summed E-state index contributed by atoms with van der Waals surface area (Å²) >= 11 is 0.